The number of ether oxygens (including phenoxy) is 1. The third kappa shape index (κ3) is 5.97. The first kappa shape index (κ1) is 28.7. The molecule has 1 unspecified atom stereocenters. The van der Waals surface area contributed by atoms with Crippen LogP contribution < -0.4 is 14.6 Å². The predicted octanol–water partition coefficient (Wildman–Crippen LogP) is 5.61. The summed E-state index contributed by atoms with van der Waals surface area (Å²) in [7, 11) is -4.04. The summed E-state index contributed by atoms with van der Waals surface area (Å²) in [6.07, 6.45) is -7.39. The Kier molecular flexibility index (Phi) is 7.84. The topological polar surface area (TPSA) is 77.8 Å². The molecule has 2 aromatic carbocycles. The van der Waals surface area contributed by atoms with Crippen LogP contribution in [0.4, 0.5) is 32.0 Å². The van der Waals surface area contributed by atoms with Crippen LogP contribution in [0.1, 0.15) is 31.7 Å². The van der Waals surface area contributed by atoms with Crippen molar-refractivity contribution in [1.82, 2.24) is 0 Å². The van der Waals surface area contributed by atoms with Crippen molar-refractivity contribution in [1.29, 1.82) is 0 Å². The number of hydrogen-bond donors (Lipinski definition) is 0. The highest BCUT2D eigenvalue weighted by Gasteiger charge is 2.43. The van der Waals surface area contributed by atoms with Gasteiger partial charge < -0.3 is 9.64 Å². The fraction of sp³-hybridized carbons (Fsp3) is 0.385. The first-order valence-corrected chi connectivity index (χ1v) is 13.7. The molecule has 1 aliphatic rings. The molecule has 2 heterocycles. The van der Waals surface area contributed by atoms with Gasteiger partial charge in [0.25, 0.3) is 0 Å². The average Bonchev–Trinajstić information content (AvgIpc) is 2.88. The van der Waals surface area contributed by atoms with Crippen LogP contribution in [0.25, 0.3) is 10.8 Å². The highest BCUT2D eigenvalue weighted by atomic mass is 32.2. The SMILES string of the molecule is CCC(C1CCN(c2cccc3c(OC(=O)C(F)(F)F)[nH+]ccc23)CC1)S(=O)(=O)c1cccc(C(F)(F)F)c1. The maximum Gasteiger partial charge on any atom is 0.491 e. The van der Waals surface area contributed by atoms with E-state index in [-0.39, 0.29) is 28.5 Å². The molecule has 0 radical (unpaired) electrons. The number of aromatic nitrogens is 1. The van der Waals surface area contributed by atoms with Crippen LogP contribution in [0.3, 0.4) is 0 Å². The van der Waals surface area contributed by atoms with Crippen molar-refractivity contribution < 1.29 is 49.3 Å². The van der Waals surface area contributed by atoms with Crippen molar-refractivity contribution in [2.75, 3.05) is 18.0 Å². The molecule has 0 aliphatic carbocycles. The summed E-state index contributed by atoms with van der Waals surface area (Å²) in [5, 5.41) is -0.0878. The number of benzene rings is 2. The second-order valence-corrected chi connectivity index (χ2v) is 11.4. The number of esters is 1. The van der Waals surface area contributed by atoms with Gasteiger partial charge in [0.15, 0.2) is 16.0 Å². The molecule has 6 nitrogen and oxygen atoms in total. The van der Waals surface area contributed by atoms with Crippen LogP contribution in [0.15, 0.2) is 59.6 Å². The summed E-state index contributed by atoms with van der Waals surface area (Å²) < 4.78 is 109. The van der Waals surface area contributed by atoms with Crippen molar-refractivity contribution in [3.63, 3.8) is 0 Å². The van der Waals surface area contributed by atoms with Crippen LogP contribution >= 0.6 is 0 Å². The zero-order chi connectivity index (χ0) is 28.6. The second-order valence-electron chi connectivity index (χ2n) is 9.27. The lowest BCUT2D eigenvalue weighted by Crippen LogP contribution is -2.40. The summed E-state index contributed by atoms with van der Waals surface area (Å²) in [4.78, 5) is 15.5. The lowest BCUT2D eigenvalue weighted by Gasteiger charge is -2.37. The number of pyridine rings is 1. The number of fused-ring (bicyclic) bond motifs is 1. The van der Waals surface area contributed by atoms with E-state index < -0.39 is 39.0 Å². The van der Waals surface area contributed by atoms with Crippen LogP contribution in [0.5, 0.6) is 5.88 Å². The number of alkyl halides is 6. The van der Waals surface area contributed by atoms with Gasteiger partial charge in [0.05, 0.1) is 21.1 Å². The third-order valence-electron chi connectivity index (χ3n) is 6.92. The van der Waals surface area contributed by atoms with Gasteiger partial charge in [-0.2, -0.15) is 31.3 Å². The summed E-state index contributed by atoms with van der Waals surface area (Å²) in [6.45, 7) is 2.51. The van der Waals surface area contributed by atoms with Gasteiger partial charge >= 0.3 is 24.2 Å². The summed E-state index contributed by atoms with van der Waals surface area (Å²) in [5.74, 6) is -3.02. The Bertz CT molecular complexity index is 1470. The number of carbonyl (C=O) groups is 1. The third-order valence-corrected chi connectivity index (χ3v) is 9.34. The van der Waals surface area contributed by atoms with E-state index in [1.807, 2.05) is 4.90 Å². The van der Waals surface area contributed by atoms with Gasteiger partial charge in [0, 0.05) is 30.2 Å². The zero-order valence-corrected chi connectivity index (χ0v) is 21.5. The molecule has 210 valence electrons. The number of nitrogens with zero attached hydrogens (tertiary/aromatic N) is 1. The largest absolute Gasteiger partial charge is 0.491 e. The first-order valence-electron chi connectivity index (χ1n) is 12.1. The van der Waals surface area contributed by atoms with Gasteiger partial charge in [0.2, 0.25) is 0 Å². The molecule has 1 N–H and O–H groups in total. The minimum atomic E-state index is -5.17. The van der Waals surface area contributed by atoms with Crippen molar-refractivity contribution in [3.8, 4) is 5.88 Å². The van der Waals surface area contributed by atoms with E-state index in [0.717, 1.165) is 12.1 Å². The minimum absolute atomic E-state index is 0.223. The van der Waals surface area contributed by atoms with Crippen LogP contribution in [0, 0.1) is 5.92 Å². The first-order chi connectivity index (χ1) is 18.2. The van der Waals surface area contributed by atoms with Crippen molar-refractivity contribution in [2.45, 2.75) is 48.7 Å². The summed E-state index contributed by atoms with van der Waals surface area (Å²) in [5.41, 5.74) is -0.361. The number of rotatable bonds is 6. The Balaban J connectivity index is 1.55. The Hall–Kier alpha value is -3.35. The molecular formula is C26H25F6N2O4S+. The zero-order valence-electron chi connectivity index (χ0n) is 20.6. The minimum Gasteiger partial charge on any atom is -0.371 e. The quantitative estimate of drug-likeness (QED) is 0.282. The highest BCUT2D eigenvalue weighted by Crippen LogP contribution is 2.37. The van der Waals surface area contributed by atoms with Crippen LogP contribution in [-0.4, -0.2) is 38.9 Å². The Labute approximate surface area is 220 Å². The molecule has 1 aromatic heterocycles. The molecule has 4 rings (SSSR count). The van der Waals surface area contributed by atoms with Crippen molar-refractivity contribution >= 4 is 32.3 Å². The summed E-state index contributed by atoms with van der Waals surface area (Å²) in [6, 6.07) is 10.3. The Morgan fingerprint density at radius 3 is 2.31 bits per heavy atom. The lowest BCUT2D eigenvalue weighted by molar-refractivity contribution is -0.390. The molecule has 0 bridgehead atoms. The molecule has 39 heavy (non-hydrogen) atoms. The van der Waals surface area contributed by atoms with Gasteiger partial charge in [-0.05, 0) is 55.5 Å². The standard InChI is InChI=1S/C26H24F6N2O4S/c1-2-22(39(36,37)18-6-3-5-17(15-18)25(27,28)29)16-10-13-34(14-11-16)21-8-4-7-20-19(21)9-12-33-23(20)38-24(35)26(30,31)32/h3-9,12,15-16,22H,2,10-11,13-14H2,1H3/p+1. The number of hydrogen-bond acceptors (Lipinski definition) is 5. The molecule has 13 heteroatoms. The lowest BCUT2D eigenvalue weighted by atomic mass is 9.91. The number of piperidine rings is 1. The smallest absolute Gasteiger partial charge is 0.371 e. The number of nitrogens with one attached hydrogen (secondary N) is 1. The van der Waals surface area contributed by atoms with E-state index in [1.54, 1.807) is 25.1 Å². The molecule has 0 amide bonds. The molecule has 0 saturated carbocycles. The fourth-order valence-corrected chi connectivity index (χ4v) is 7.18. The molecule has 3 aromatic rings. The molecule has 1 atom stereocenters. The van der Waals surface area contributed by atoms with Gasteiger partial charge in [-0.15, -0.1) is 0 Å². The molecular weight excluding hydrogens is 550 g/mol. The maximum absolute atomic E-state index is 13.4. The highest BCUT2D eigenvalue weighted by molar-refractivity contribution is 7.92. The Morgan fingerprint density at radius 2 is 1.69 bits per heavy atom. The van der Waals surface area contributed by atoms with E-state index in [4.69, 9.17) is 0 Å². The predicted molar refractivity (Wildman–Crippen MR) is 130 cm³/mol. The number of aromatic amines is 1. The van der Waals surface area contributed by atoms with Crippen molar-refractivity contribution in [2.24, 2.45) is 5.92 Å². The van der Waals surface area contributed by atoms with E-state index in [2.05, 4.69) is 9.72 Å². The number of sulfone groups is 1. The molecule has 0 spiro atoms. The number of carbonyl (C=O) groups excluding carboxylic acids is 1. The number of H-pyrrole nitrogens is 1. The van der Waals surface area contributed by atoms with Gasteiger partial charge in [0.1, 0.15) is 0 Å². The van der Waals surface area contributed by atoms with Crippen LogP contribution in [0.2, 0.25) is 0 Å². The van der Waals surface area contributed by atoms with Gasteiger partial charge in [-0.25, -0.2) is 13.2 Å². The van der Waals surface area contributed by atoms with Crippen molar-refractivity contribution in [3.05, 3.63) is 60.3 Å². The van der Waals surface area contributed by atoms with E-state index in [1.165, 1.54) is 18.3 Å². The number of halogens is 6. The molecule has 1 fully saturated rings. The molecule has 1 aliphatic heterocycles. The fourth-order valence-electron chi connectivity index (χ4n) is 5.06. The van der Waals surface area contributed by atoms with Gasteiger partial charge in [-0.1, -0.05) is 19.1 Å². The average molecular weight is 576 g/mol. The van der Waals surface area contributed by atoms with E-state index in [9.17, 15) is 39.6 Å². The monoisotopic (exact) mass is 575 g/mol. The number of anilines is 1. The molecule has 1 saturated heterocycles. The second kappa shape index (κ2) is 10.7. The normalized spacial score (nSPS) is 16.3. The van der Waals surface area contributed by atoms with E-state index >= 15 is 0 Å². The Morgan fingerprint density at radius 1 is 1.03 bits per heavy atom. The van der Waals surface area contributed by atoms with E-state index in [0.29, 0.717) is 43.1 Å². The summed E-state index contributed by atoms with van der Waals surface area (Å²) >= 11 is 0. The van der Waals surface area contributed by atoms with Gasteiger partial charge in [-0.3, -0.25) is 0 Å². The van der Waals surface area contributed by atoms with Crippen LogP contribution in [-0.2, 0) is 20.8 Å². The maximum atomic E-state index is 13.4.